The summed E-state index contributed by atoms with van der Waals surface area (Å²) in [5.74, 6) is 0.638. The summed E-state index contributed by atoms with van der Waals surface area (Å²) in [5, 5.41) is 4.34. The number of rotatable bonds is 2. The van der Waals surface area contributed by atoms with Crippen LogP contribution < -0.4 is 0 Å². The molecule has 7 heteroatoms. The van der Waals surface area contributed by atoms with Crippen LogP contribution in [0.4, 0.5) is 4.39 Å². The van der Waals surface area contributed by atoms with E-state index in [1.54, 1.807) is 10.6 Å². The number of fused-ring (bicyclic) bond motifs is 2. The first-order chi connectivity index (χ1) is 12.6. The third kappa shape index (κ3) is 2.25. The van der Waals surface area contributed by atoms with Crippen molar-refractivity contribution in [1.82, 2.24) is 24.1 Å². The van der Waals surface area contributed by atoms with Gasteiger partial charge in [0.25, 0.3) is 0 Å². The van der Waals surface area contributed by atoms with Crippen LogP contribution in [0.15, 0.2) is 36.8 Å². The maximum absolute atomic E-state index is 13.8. The Morgan fingerprint density at radius 3 is 3.00 bits per heavy atom. The molecule has 5 rings (SSSR count). The second-order valence-corrected chi connectivity index (χ2v) is 6.95. The molecule has 26 heavy (non-hydrogen) atoms. The molecule has 0 fully saturated rings. The van der Waals surface area contributed by atoms with Crippen LogP contribution in [0.1, 0.15) is 17.8 Å². The third-order valence-corrected chi connectivity index (χ3v) is 5.19. The number of aryl methyl sites for hydroxylation is 2. The van der Waals surface area contributed by atoms with Crippen LogP contribution in [0.2, 0.25) is 5.02 Å². The van der Waals surface area contributed by atoms with Gasteiger partial charge in [0.05, 0.1) is 16.4 Å². The Balaban J connectivity index is 1.78. The van der Waals surface area contributed by atoms with Gasteiger partial charge in [0.1, 0.15) is 18.0 Å². The molecule has 0 atom stereocenters. The maximum Gasteiger partial charge on any atom is 0.155 e. The average Bonchev–Trinajstić information content (AvgIpc) is 3.32. The summed E-state index contributed by atoms with van der Waals surface area (Å²) >= 11 is 6.06. The van der Waals surface area contributed by atoms with Crippen molar-refractivity contribution in [2.45, 2.75) is 26.3 Å². The number of imidazole rings is 1. The van der Waals surface area contributed by atoms with Crippen molar-refractivity contribution >= 4 is 17.2 Å². The molecule has 0 saturated carbocycles. The first-order valence-corrected chi connectivity index (χ1v) is 8.85. The van der Waals surface area contributed by atoms with E-state index in [2.05, 4.69) is 14.6 Å². The average molecular weight is 368 g/mol. The van der Waals surface area contributed by atoms with Crippen molar-refractivity contribution in [3.05, 3.63) is 59.0 Å². The Bertz CT molecular complexity index is 1160. The highest BCUT2D eigenvalue weighted by Gasteiger charge is 2.25. The van der Waals surface area contributed by atoms with E-state index in [1.165, 1.54) is 12.4 Å². The number of pyridine rings is 1. The Kier molecular flexibility index (Phi) is 3.37. The van der Waals surface area contributed by atoms with Gasteiger partial charge in [-0.3, -0.25) is 0 Å². The first kappa shape index (κ1) is 15.5. The molecule has 0 spiro atoms. The second-order valence-electron chi connectivity index (χ2n) is 6.54. The summed E-state index contributed by atoms with van der Waals surface area (Å²) in [4.78, 5) is 9.07. The Morgan fingerprint density at radius 1 is 1.23 bits per heavy atom. The lowest BCUT2D eigenvalue weighted by atomic mass is 10.0. The van der Waals surface area contributed by atoms with Crippen LogP contribution in [0.25, 0.3) is 28.2 Å². The minimum Gasteiger partial charge on any atom is -0.327 e. The highest BCUT2D eigenvalue weighted by Crippen LogP contribution is 2.38. The highest BCUT2D eigenvalue weighted by atomic mass is 35.5. The number of nitrogens with zero attached hydrogens (tertiary/aromatic N) is 5. The lowest BCUT2D eigenvalue weighted by molar-refractivity contribution is 0.627. The predicted molar refractivity (Wildman–Crippen MR) is 97.7 cm³/mol. The quantitative estimate of drug-likeness (QED) is 0.530. The molecule has 0 radical (unpaired) electrons. The SMILES string of the molecule is Cc1cc(F)c(Cl)cc1-c1nc2n(c1-c1ccc3ncnn3c1)CCC2. The van der Waals surface area contributed by atoms with Gasteiger partial charge >= 0.3 is 0 Å². The van der Waals surface area contributed by atoms with Gasteiger partial charge in [0, 0.05) is 30.3 Å². The van der Waals surface area contributed by atoms with E-state index >= 15 is 0 Å². The largest absolute Gasteiger partial charge is 0.327 e. The van der Waals surface area contributed by atoms with E-state index in [1.807, 2.05) is 25.3 Å². The minimum absolute atomic E-state index is 0.108. The lowest BCUT2D eigenvalue weighted by Crippen LogP contribution is -1.99. The van der Waals surface area contributed by atoms with Crippen molar-refractivity contribution < 1.29 is 4.39 Å². The van der Waals surface area contributed by atoms with Gasteiger partial charge in [-0.1, -0.05) is 11.6 Å². The highest BCUT2D eigenvalue weighted by molar-refractivity contribution is 6.31. The van der Waals surface area contributed by atoms with Gasteiger partial charge in [0.2, 0.25) is 0 Å². The van der Waals surface area contributed by atoms with Gasteiger partial charge in [-0.25, -0.2) is 18.9 Å². The molecule has 0 amide bonds. The van der Waals surface area contributed by atoms with Crippen LogP contribution in [-0.4, -0.2) is 24.1 Å². The van der Waals surface area contributed by atoms with Crippen molar-refractivity contribution in [3.8, 4) is 22.5 Å². The smallest absolute Gasteiger partial charge is 0.155 e. The molecule has 4 aromatic rings. The minimum atomic E-state index is -0.412. The zero-order valence-electron chi connectivity index (χ0n) is 14.1. The number of benzene rings is 1. The van der Waals surface area contributed by atoms with Gasteiger partial charge in [-0.2, -0.15) is 5.10 Å². The zero-order valence-corrected chi connectivity index (χ0v) is 14.8. The monoisotopic (exact) mass is 367 g/mol. The molecule has 1 aliphatic rings. The summed E-state index contributed by atoms with van der Waals surface area (Å²) in [7, 11) is 0. The van der Waals surface area contributed by atoms with E-state index in [-0.39, 0.29) is 5.02 Å². The van der Waals surface area contributed by atoms with Crippen molar-refractivity contribution in [1.29, 1.82) is 0 Å². The van der Waals surface area contributed by atoms with E-state index in [0.717, 1.165) is 58.9 Å². The fourth-order valence-corrected chi connectivity index (χ4v) is 3.83. The van der Waals surface area contributed by atoms with Crippen molar-refractivity contribution in [2.75, 3.05) is 0 Å². The zero-order chi connectivity index (χ0) is 17.8. The van der Waals surface area contributed by atoms with Crippen LogP contribution >= 0.6 is 11.6 Å². The molecule has 4 heterocycles. The number of hydrogen-bond acceptors (Lipinski definition) is 3. The first-order valence-electron chi connectivity index (χ1n) is 8.47. The third-order valence-electron chi connectivity index (χ3n) is 4.90. The Hall–Kier alpha value is -2.73. The lowest BCUT2D eigenvalue weighted by Gasteiger charge is -2.11. The summed E-state index contributed by atoms with van der Waals surface area (Å²) in [6.45, 7) is 2.80. The predicted octanol–water partition coefficient (Wildman–Crippen LogP) is 4.31. The van der Waals surface area contributed by atoms with Gasteiger partial charge in [-0.15, -0.1) is 0 Å². The number of hydrogen-bond donors (Lipinski definition) is 0. The Labute approximate surface area is 154 Å². The molecule has 5 nitrogen and oxygen atoms in total. The molecule has 0 saturated heterocycles. The second kappa shape index (κ2) is 5.64. The molecule has 130 valence electrons. The van der Waals surface area contributed by atoms with Crippen LogP contribution in [-0.2, 0) is 13.0 Å². The summed E-state index contributed by atoms with van der Waals surface area (Å²) < 4.78 is 17.8. The van der Waals surface area contributed by atoms with E-state index in [4.69, 9.17) is 16.6 Å². The van der Waals surface area contributed by atoms with E-state index < -0.39 is 5.82 Å². The summed E-state index contributed by atoms with van der Waals surface area (Å²) in [6.07, 6.45) is 5.50. The number of halogens is 2. The van der Waals surface area contributed by atoms with E-state index in [0.29, 0.717) is 0 Å². The fraction of sp³-hybridized carbons (Fsp3) is 0.211. The molecule has 1 aromatic carbocycles. The van der Waals surface area contributed by atoms with E-state index in [9.17, 15) is 4.39 Å². The molecular weight excluding hydrogens is 353 g/mol. The molecule has 0 aliphatic carbocycles. The summed E-state index contributed by atoms with van der Waals surface area (Å²) in [5.41, 5.74) is 5.30. The maximum atomic E-state index is 13.8. The van der Waals surface area contributed by atoms with Gasteiger partial charge in [0.15, 0.2) is 5.65 Å². The fourth-order valence-electron chi connectivity index (χ4n) is 3.66. The van der Waals surface area contributed by atoms with Crippen LogP contribution in [0.3, 0.4) is 0 Å². The van der Waals surface area contributed by atoms with Gasteiger partial charge in [-0.05, 0) is 43.2 Å². The molecule has 0 bridgehead atoms. The topological polar surface area (TPSA) is 48.0 Å². The summed E-state index contributed by atoms with van der Waals surface area (Å²) in [6, 6.07) is 7.09. The Morgan fingerprint density at radius 2 is 2.12 bits per heavy atom. The van der Waals surface area contributed by atoms with Crippen LogP contribution in [0, 0.1) is 12.7 Å². The molecule has 1 aliphatic heterocycles. The molecule has 0 unspecified atom stereocenters. The van der Waals surface area contributed by atoms with Crippen LogP contribution in [0.5, 0.6) is 0 Å². The molecule has 3 aromatic heterocycles. The normalized spacial score (nSPS) is 13.5. The van der Waals surface area contributed by atoms with Crippen molar-refractivity contribution in [3.63, 3.8) is 0 Å². The molecular formula is C19H15ClFN5. The van der Waals surface area contributed by atoms with Gasteiger partial charge < -0.3 is 4.57 Å². The number of aromatic nitrogens is 5. The standard InChI is InChI=1S/C19H15ClFN5/c1-11-7-15(21)14(20)8-13(11)18-19(25-6-2-3-17(25)24-18)12-4-5-16-22-10-23-26(16)9-12/h4-5,7-10H,2-3,6H2,1H3. The van der Waals surface area contributed by atoms with Crippen molar-refractivity contribution in [2.24, 2.45) is 0 Å². The molecule has 0 N–H and O–H groups in total.